The Kier molecular flexibility index (Phi) is 26.9. The van der Waals surface area contributed by atoms with Crippen molar-refractivity contribution in [2.45, 2.75) is 0 Å². The summed E-state index contributed by atoms with van der Waals surface area (Å²) in [7, 11) is -4.64. The summed E-state index contributed by atoms with van der Waals surface area (Å²) in [5.41, 5.74) is 0. The summed E-state index contributed by atoms with van der Waals surface area (Å²) >= 11 is 0. The smallest absolute Gasteiger partial charge is 0 e. The Bertz CT molecular complexity index is 60.2. The van der Waals surface area contributed by atoms with Gasteiger partial charge in [0.2, 0.25) is 0 Å². The summed E-state index contributed by atoms with van der Waals surface area (Å²) < 4.78 is 8.88. The van der Waals surface area contributed by atoms with Crippen LogP contribution in [0.4, 0.5) is 0 Å². The first-order valence-corrected chi connectivity index (χ1v) is 2.35. The third kappa shape index (κ3) is 73.4. The molecule has 0 saturated heterocycles. The Labute approximate surface area is 101 Å². The monoisotopic (exact) mass is 204 g/mol. The second-order valence-corrected chi connectivity index (χ2v) is 1.54. The molecule has 0 rings (SSSR count). The first-order chi connectivity index (χ1) is 2.00. The molecule has 8 heteroatoms. The molecule has 4 nitrogen and oxygen atoms in total. The molecule has 0 aliphatic rings. The van der Waals surface area contributed by atoms with E-state index in [1.807, 2.05) is 0 Å². The van der Waals surface area contributed by atoms with Gasteiger partial charge in [-0.05, 0) is 0 Å². The standard InChI is InChI=1S/2Na.Ni.H3O4P.2H/c;;;1-5(2,3)4;;/h;;;(H3,1,2,3,4);;. The zero-order chi connectivity index (χ0) is 4.50. The van der Waals surface area contributed by atoms with Crippen LogP contribution in [0.25, 0.3) is 0 Å². The van der Waals surface area contributed by atoms with Gasteiger partial charge in [0.05, 0.1) is 0 Å². The van der Waals surface area contributed by atoms with Crippen molar-refractivity contribution in [2.75, 3.05) is 0 Å². The molecule has 3 N–H and O–H groups in total. The van der Waals surface area contributed by atoms with Crippen molar-refractivity contribution in [2.24, 2.45) is 0 Å². The topological polar surface area (TPSA) is 77.8 Å². The van der Waals surface area contributed by atoms with Gasteiger partial charge in [-0.2, -0.15) is 0 Å². The molecule has 0 bridgehead atoms. The molecule has 0 aromatic carbocycles. The van der Waals surface area contributed by atoms with Gasteiger partial charge in [0.15, 0.2) is 0 Å². The van der Waals surface area contributed by atoms with E-state index in [0.717, 1.165) is 0 Å². The minimum absolute atomic E-state index is 0. The van der Waals surface area contributed by atoms with E-state index < -0.39 is 7.82 Å². The summed E-state index contributed by atoms with van der Waals surface area (Å²) in [6.07, 6.45) is 0. The van der Waals surface area contributed by atoms with Crippen LogP contribution in [0.15, 0.2) is 0 Å². The normalized spacial score (nSPS) is 7.38. The van der Waals surface area contributed by atoms with Gasteiger partial charge in [-0.1, -0.05) is 0 Å². The van der Waals surface area contributed by atoms with Crippen LogP contribution in [-0.2, 0) is 21.1 Å². The van der Waals surface area contributed by atoms with Crippen molar-refractivity contribution >= 4 is 66.9 Å². The predicted molar refractivity (Wildman–Crippen MR) is 28.6 cm³/mol. The molecule has 0 heterocycles. The van der Waals surface area contributed by atoms with Gasteiger partial charge in [0.25, 0.3) is 0 Å². The summed E-state index contributed by atoms with van der Waals surface area (Å²) in [5.74, 6) is 0. The van der Waals surface area contributed by atoms with E-state index in [1.165, 1.54) is 0 Å². The summed E-state index contributed by atoms with van der Waals surface area (Å²) in [5, 5.41) is 0. The molecule has 0 aliphatic carbocycles. The average Bonchev–Trinajstić information content (AvgIpc) is 0.722. The molecule has 0 fully saturated rings. The summed E-state index contributed by atoms with van der Waals surface area (Å²) in [4.78, 5) is 21.6. The van der Waals surface area contributed by atoms with Crippen LogP contribution in [0.1, 0.15) is 0 Å². The fraction of sp³-hybridized carbons (Fsp3) is 0. The van der Waals surface area contributed by atoms with Gasteiger partial charge in [-0.3, -0.25) is 0 Å². The maximum Gasteiger partial charge on any atom is 0 e. The van der Waals surface area contributed by atoms with Gasteiger partial charge >= 0.3 is 66.9 Å². The average molecular weight is 205 g/mol. The van der Waals surface area contributed by atoms with E-state index in [4.69, 9.17) is 19.2 Å². The van der Waals surface area contributed by atoms with Crippen molar-refractivity contribution in [3.8, 4) is 0 Å². The van der Waals surface area contributed by atoms with Gasteiger partial charge < -0.3 is 14.7 Å². The molecule has 8 heavy (non-hydrogen) atoms. The molecule has 46 valence electrons. The van der Waals surface area contributed by atoms with Crippen molar-refractivity contribution in [3.63, 3.8) is 0 Å². The minimum atomic E-state index is -4.64. The van der Waals surface area contributed by atoms with Crippen LogP contribution in [0, 0.1) is 0 Å². The second-order valence-electron chi connectivity index (χ2n) is 0.513. The Morgan fingerprint density at radius 3 is 1.00 bits per heavy atom. The van der Waals surface area contributed by atoms with Crippen LogP contribution in [0.3, 0.4) is 0 Å². The molecule has 0 saturated carbocycles. The Balaban J connectivity index is -0.0000000267. The fourth-order valence-corrected chi connectivity index (χ4v) is 0. The van der Waals surface area contributed by atoms with Crippen LogP contribution in [0.2, 0.25) is 0 Å². The Hall–Kier alpha value is 2.60. The van der Waals surface area contributed by atoms with Gasteiger partial charge in [0.1, 0.15) is 0 Å². The van der Waals surface area contributed by atoms with E-state index in [1.54, 1.807) is 0 Å². The van der Waals surface area contributed by atoms with Crippen LogP contribution in [-0.4, -0.2) is 73.8 Å². The first kappa shape index (κ1) is 22.4. The molecule has 0 aromatic rings. The van der Waals surface area contributed by atoms with Crippen molar-refractivity contribution in [1.82, 2.24) is 0 Å². The van der Waals surface area contributed by atoms with E-state index in [0.29, 0.717) is 0 Å². The van der Waals surface area contributed by atoms with Gasteiger partial charge in [0, 0.05) is 16.5 Å². The number of hydrogen-bond donors (Lipinski definition) is 3. The molecule has 0 atom stereocenters. The molecule has 0 spiro atoms. The third-order valence-corrected chi connectivity index (χ3v) is 0. The predicted octanol–water partition coefficient (Wildman–Crippen LogP) is -2.23. The molecular weight excluding hydrogens is 200 g/mol. The third-order valence-electron chi connectivity index (χ3n) is 0. The van der Waals surface area contributed by atoms with Gasteiger partial charge in [-0.25, -0.2) is 4.57 Å². The van der Waals surface area contributed by atoms with Crippen molar-refractivity contribution in [1.29, 1.82) is 0 Å². The maximum atomic E-state index is 8.88. The van der Waals surface area contributed by atoms with Crippen molar-refractivity contribution in [3.05, 3.63) is 0 Å². The zero-order valence-electron chi connectivity index (χ0n) is 2.51. The van der Waals surface area contributed by atoms with Crippen molar-refractivity contribution < 1.29 is 35.7 Å². The largest absolute Gasteiger partial charge is 0 e. The molecule has 0 radical (unpaired) electrons. The first-order valence-electron chi connectivity index (χ1n) is 0.783. The maximum absolute atomic E-state index is 8.88. The summed E-state index contributed by atoms with van der Waals surface area (Å²) in [6, 6.07) is 0. The van der Waals surface area contributed by atoms with Crippen LogP contribution >= 0.6 is 7.82 Å². The minimum Gasteiger partial charge on any atom is 0 e. The fourth-order valence-electron chi connectivity index (χ4n) is 0. The van der Waals surface area contributed by atoms with E-state index >= 15 is 0 Å². The van der Waals surface area contributed by atoms with E-state index in [9.17, 15) is 0 Å². The Morgan fingerprint density at radius 2 is 1.00 bits per heavy atom. The van der Waals surface area contributed by atoms with Gasteiger partial charge in [-0.15, -0.1) is 0 Å². The number of phosphoric acid groups is 1. The molecule has 0 aromatic heterocycles. The second kappa shape index (κ2) is 9.60. The van der Waals surface area contributed by atoms with E-state index in [-0.39, 0.29) is 75.6 Å². The van der Waals surface area contributed by atoms with E-state index in [2.05, 4.69) is 0 Å². The molecule has 0 unspecified atom stereocenters. The molecule has 0 amide bonds. The summed E-state index contributed by atoms with van der Waals surface area (Å²) in [6.45, 7) is 0. The zero-order valence-corrected chi connectivity index (χ0v) is 4.40. The SMILES string of the molecule is O=P(O)(O)O.[NaH].[NaH].[Ni]. The number of hydrogen-bond acceptors (Lipinski definition) is 1. The quantitative estimate of drug-likeness (QED) is 0.309. The van der Waals surface area contributed by atoms with Crippen LogP contribution in [0.5, 0.6) is 0 Å². The van der Waals surface area contributed by atoms with Crippen LogP contribution < -0.4 is 0 Å². The number of rotatable bonds is 0. The Morgan fingerprint density at radius 1 is 1.00 bits per heavy atom. The molecule has 0 aliphatic heterocycles. The molecular formula is H5Na2NiO4P.